The molecule has 0 amide bonds. The summed E-state index contributed by atoms with van der Waals surface area (Å²) < 4.78 is 5.50. The maximum atomic E-state index is 9.14. The Morgan fingerprint density at radius 3 is 2.62 bits per heavy atom. The molecule has 1 N–H and O–H groups in total. The topological polar surface area (TPSA) is 32.7 Å². The molecule has 0 aromatic rings. The Balaban J connectivity index is 1.79. The fraction of sp³-hybridized carbons (Fsp3) is 1.00. The smallest absolute Gasteiger partial charge is 0.0932 e. The third kappa shape index (κ3) is 2.96. The zero-order chi connectivity index (χ0) is 11.4. The number of ether oxygens (including phenoxy) is 1. The fourth-order valence-electron chi connectivity index (χ4n) is 3.10. The molecule has 1 saturated heterocycles. The molecule has 2 aliphatic rings. The quantitative estimate of drug-likeness (QED) is 0.795. The van der Waals surface area contributed by atoms with Gasteiger partial charge in [-0.25, -0.2) is 0 Å². The van der Waals surface area contributed by atoms with Gasteiger partial charge in [0.25, 0.3) is 0 Å². The highest BCUT2D eigenvalue weighted by atomic mass is 16.5. The lowest BCUT2D eigenvalue weighted by Crippen LogP contribution is -2.49. The first-order chi connectivity index (χ1) is 7.83. The van der Waals surface area contributed by atoms with Crippen molar-refractivity contribution in [1.29, 1.82) is 0 Å². The highest BCUT2D eigenvalue weighted by Gasteiger charge is 2.29. The van der Waals surface area contributed by atoms with Crippen LogP contribution in [-0.4, -0.2) is 48.5 Å². The molecule has 0 spiro atoms. The molecule has 0 aromatic carbocycles. The van der Waals surface area contributed by atoms with Crippen LogP contribution < -0.4 is 0 Å². The van der Waals surface area contributed by atoms with E-state index in [9.17, 15) is 0 Å². The molecule has 2 fully saturated rings. The predicted octanol–water partition coefficient (Wildman–Crippen LogP) is 1.65. The molecule has 1 heterocycles. The van der Waals surface area contributed by atoms with Crippen LogP contribution in [0.25, 0.3) is 0 Å². The number of aliphatic hydroxyl groups is 1. The molecular weight excluding hydrogens is 202 g/mol. The number of hydrogen-bond donors (Lipinski definition) is 1. The van der Waals surface area contributed by atoms with Crippen molar-refractivity contribution >= 4 is 0 Å². The molecule has 1 aliphatic heterocycles. The SMILES string of the molecule is CCC1CCC(N2CCOC(CO)C2)CC1. The Labute approximate surface area is 98.8 Å². The molecule has 0 radical (unpaired) electrons. The molecule has 0 bridgehead atoms. The summed E-state index contributed by atoms with van der Waals surface area (Å²) >= 11 is 0. The maximum absolute atomic E-state index is 9.14. The van der Waals surface area contributed by atoms with Crippen LogP contribution in [0.4, 0.5) is 0 Å². The van der Waals surface area contributed by atoms with Crippen molar-refractivity contribution in [3.8, 4) is 0 Å². The first kappa shape index (κ1) is 12.3. The van der Waals surface area contributed by atoms with Crippen molar-refractivity contribution in [2.45, 2.75) is 51.2 Å². The lowest BCUT2D eigenvalue weighted by molar-refractivity contribution is -0.0699. The first-order valence-corrected chi connectivity index (χ1v) is 6.80. The Bertz CT molecular complexity index is 202. The van der Waals surface area contributed by atoms with Crippen molar-refractivity contribution < 1.29 is 9.84 Å². The second-order valence-electron chi connectivity index (χ2n) is 5.25. The van der Waals surface area contributed by atoms with Crippen molar-refractivity contribution in [3.05, 3.63) is 0 Å². The molecule has 0 aromatic heterocycles. The molecular formula is C13H25NO2. The lowest BCUT2D eigenvalue weighted by atomic mass is 9.84. The molecule has 3 heteroatoms. The average Bonchev–Trinajstić information content (AvgIpc) is 2.39. The molecule has 1 aliphatic carbocycles. The van der Waals surface area contributed by atoms with Crippen molar-refractivity contribution in [2.75, 3.05) is 26.3 Å². The summed E-state index contributed by atoms with van der Waals surface area (Å²) in [6.45, 7) is 5.25. The van der Waals surface area contributed by atoms with Crippen LogP contribution >= 0.6 is 0 Å². The summed E-state index contributed by atoms with van der Waals surface area (Å²) in [4.78, 5) is 2.54. The van der Waals surface area contributed by atoms with Crippen LogP contribution in [0.3, 0.4) is 0 Å². The Kier molecular flexibility index (Phi) is 4.62. The Hall–Kier alpha value is -0.120. The molecule has 3 nitrogen and oxygen atoms in total. The number of nitrogens with zero attached hydrogens (tertiary/aromatic N) is 1. The van der Waals surface area contributed by atoms with Gasteiger partial charge < -0.3 is 9.84 Å². The molecule has 1 atom stereocenters. The second-order valence-corrected chi connectivity index (χ2v) is 5.25. The van der Waals surface area contributed by atoms with Gasteiger partial charge in [0.15, 0.2) is 0 Å². The van der Waals surface area contributed by atoms with Crippen LogP contribution in [0.15, 0.2) is 0 Å². The maximum Gasteiger partial charge on any atom is 0.0932 e. The largest absolute Gasteiger partial charge is 0.394 e. The van der Waals surface area contributed by atoms with Gasteiger partial charge in [-0.1, -0.05) is 13.3 Å². The van der Waals surface area contributed by atoms with E-state index in [1.54, 1.807) is 0 Å². The standard InChI is InChI=1S/C13H25NO2/c1-2-11-3-5-12(6-4-11)14-7-8-16-13(9-14)10-15/h11-13,15H,2-10H2,1H3. The molecule has 16 heavy (non-hydrogen) atoms. The Morgan fingerprint density at radius 2 is 2.00 bits per heavy atom. The third-order valence-electron chi connectivity index (χ3n) is 4.28. The minimum Gasteiger partial charge on any atom is -0.394 e. The summed E-state index contributed by atoms with van der Waals surface area (Å²) in [5.41, 5.74) is 0. The number of rotatable bonds is 3. The summed E-state index contributed by atoms with van der Waals surface area (Å²) in [5, 5.41) is 9.14. The summed E-state index contributed by atoms with van der Waals surface area (Å²) in [6, 6.07) is 0.751. The van der Waals surface area contributed by atoms with Gasteiger partial charge in [-0.15, -0.1) is 0 Å². The van der Waals surface area contributed by atoms with Crippen molar-refractivity contribution in [1.82, 2.24) is 4.90 Å². The number of morpholine rings is 1. The predicted molar refractivity (Wildman–Crippen MR) is 64.4 cm³/mol. The monoisotopic (exact) mass is 227 g/mol. The zero-order valence-corrected chi connectivity index (χ0v) is 10.4. The van der Waals surface area contributed by atoms with Crippen LogP contribution in [0, 0.1) is 5.92 Å². The van der Waals surface area contributed by atoms with Crippen LogP contribution in [0.2, 0.25) is 0 Å². The van der Waals surface area contributed by atoms with E-state index >= 15 is 0 Å². The van der Waals surface area contributed by atoms with E-state index in [-0.39, 0.29) is 12.7 Å². The lowest BCUT2D eigenvalue weighted by Gasteiger charge is -2.40. The van der Waals surface area contributed by atoms with Gasteiger partial charge in [-0.05, 0) is 31.6 Å². The second kappa shape index (κ2) is 5.99. The van der Waals surface area contributed by atoms with E-state index < -0.39 is 0 Å². The van der Waals surface area contributed by atoms with E-state index in [0.717, 1.165) is 31.7 Å². The first-order valence-electron chi connectivity index (χ1n) is 6.80. The minimum atomic E-state index is 0.0534. The summed E-state index contributed by atoms with van der Waals surface area (Å²) in [7, 11) is 0. The van der Waals surface area contributed by atoms with Gasteiger partial charge >= 0.3 is 0 Å². The van der Waals surface area contributed by atoms with E-state index in [2.05, 4.69) is 11.8 Å². The van der Waals surface area contributed by atoms with Gasteiger partial charge in [0.05, 0.1) is 19.3 Å². The highest BCUT2D eigenvalue weighted by molar-refractivity contribution is 4.82. The average molecular weight is 227 g/mol. The highest BCUT2D eigenvalue weighted by Crippen LogP contribution is 2.30. The third-order valence-corrected chi connectivity index (χ3v) is 4.28. The molecule has 94 valence electrons. The van der Waals surface area contributed by atoms with E-state index in [1.165, 1.54) is 32.1 Å². The minimum absolute atomic E-state index is 0.0534. The zero-order valence-electron chi connectivity index (χ0n) is 10.4. The summed E-state index contributed by atoms with van der Waals surface area (Å²) in [6.07, 6.45) is 6.87. The van der Waals surface area contributed by atoms with Gasteiger partial charge in [0, 0.05) is 19.1 Å². The van der Waals surface area contributed by atoms with Crippen LogP contribution in [0.5, 0.6) is 0 Å². The van der Waals surface area contributed by atoms with Crippen molar-refractivity contribution in [3.63, 3.8) is 0 Å². The number of aliphatic hydroxyl groups excluding tert-OH is 1. The van der Waals surface area contributed by atoms with Gasteiger partial charge in [-0.2, -0.15) is 0 Å². The molecule has 2 rings (SSSR count). The summed E-state index contributed by atoms with van der Waals surface area (Å²) in [5.74, 6) is 0.964. The molecule has 1 saturated carbocycles. The van der Waals surface area contributed by atoms with Gasteiger partial charge in [-0.3, -0.25) is 4.90 Å². The van der Waals surface area contributed by atoms with E-state index in [4.69, 9.17) is 9.84 Å². The molecule has 1 unspecified atom stereocenters. The Morgan fingerprint density at radius 1 is 1.25 bits per heavy atom. The van der Waals surface area contributed by atoms with Gasteiger partial charge in [0.1, 0.15) is 0 Å². The fourth-order valence-corrected chi connectivity index (χ4v) is 3.10. The normalized spacial score (nSPS) is 37.5. The number of hydrogen-bond acceptors (Lipinski definition) is 3. The van der Waals surface area contributed by atoms with Gasteiger partial charge in [0.2, 0.25) is 0 Å². The van der Waals surface area contributed by atoms with Crippen LogP contribution in [0.1, 0.15) is 39.0 Å². The van der Waals surface area contributed by atoms with Crippen LogP contribution in [-0.2, 0) is 4.74 Å². The van der Waals surface area contributed by atoms with E-state index in [1.807, 2.05) is 0 Å². The van der Waals surface area contributed by atoms with Crippen molar-refractivity contribution in [2.24, 2.45) is 5.92 Å². The van der Waals surface area contributed by atoms with E-state index in [0.29, 0.717) is 0 Å².